The number of hydrogen-bond donors (Lipinski definition) is 1. The lowest BCUT2D eigenvalue weighted by atomic mass is 10.0. The van der Waals surface area contributed by atoms with Crippen molar-refractivity contribution < 1.29 is 9.59 Å². The lowest BCUT2D eigenvalue weighted by Gasteiger charge is -2.36. The van der Waals surface area contributed by atoms with Crippen molar-refractivity contribution in [2.75, 3.05) is 5.75 Å². The molecule has 1 aliphatic rings. The Morgan fingerprint density at radius 3 is 2.48 bits per heavy atom. The molecule has 1 fully saturated rings. The Kier molecular flexibility index (Phi) is 6.62. The van der Waals surface area contributed by atoms with Gasteiger partial charge in [-0.3, -0.25) is 9.59 Å². The molecule has 0 saturated heterocycles. The molecule has 0 bridgehead atoms. The monoisotopic (exact) mass is 415 g/mol. The second-order valence-corrected chi connectivity index (χ2v) is 9.35. The van der Waals surface area contributed by atoms with Gasteiger partial charge in [-0.2, -0.15) is 0 Å². The van der Waals surface area contributed by atoms with Gasteiger partial charge in [0.25, 0.3) is 0 Å². The molecule has 3 rings (SSSR count). The second kappa shape index (κ2) is 8.98. The third-order valence-corrected chi connectivity index (χ3v) is 5.84. The van der Waals surface area contributed by atoms with Crippen LogP contribution in [0.2, 0.25) is 0 Å². The van der Waals surface area contributed by atoms with Crippen molar-refractivity contribution >= 4 is 23.6 Å². The summed E-state index contributed by atoms with van der Waals surface area (Å²) in [5, 5.41) is 9.27. The average molecular weight is 416 g/mol. The number of primary amides is 1. The number of hydrogen-bond acceptors (Lipinski definition) is 5. The van der Waals surface area contributed by atoms with Gasteiger partial charge in [-0.15, -0.1) is 10.2 Å². The van der Waals surface area contributed by atoms with Crippen LogP contribution in [0, 0.1) is 0 Å². The highest BCUT2D eigenvalue weighted by atomic mass is 32.2. The van der Waals surface area contributed by atoms with Crippen molar-refractivity contribution in [1.82, 2.24) is 19.7 Å². The van der Waals surface area contributed by atoms with Crippen LogP contribution in [0.5, 0.6) is 0 Å². The van der Waals surface area contributed by atoms with Crippen molar-refractivity contribution in [1.29, 1.82) is 0 Å². The van der Waals surface area contributed by atoms with E-state index >= 15 is 0 Å². The quantitative estimate of drug-likeness (QED) is 0.636. The van der Waals surface area contributed by atoms with Gasteiger partial charge >= 0.3 is 0 Å². The molecule has 29 heavy (non-hydrogen) atoms. The maximum Gasteiger partial charge on any atom is 0.233 e. The third kappa shape index (κ3) is 5.82. The fourth-order valence-corrected chi connectivity index (χ4v) is 4.00. The Balaban J connectivity index is 1.70. The summed E-state index contributed by atoms with van der Waals surface area (Å²) in [5.74, 6) is 1.27. The summed E-state index contributed by atoms with van der Waals surface area (Å²) in [6, 6.07) is 9.99. The highest BCUT2D eigenvalue weighted by Gasteiger charge is 2.31. The van der Waals surface area contributed by atoms with Crippen LogP contribution in [0.3, 0.4) is 0 Å². The Morgan fingerprint density at radius 1 is 1.21 bits per heavy atom. The minimum atomic E-state index is -0.353. The minimum absolute atomic E-state index is 0.0452. The molecule has 8 heteroatoms. The molecule has 2 N–H and O–H groups in total. The number of carbonyl (C=O) groups excluding carboxylic acids is 2. The van der Waals surface area contributed by atoms with Gasteiger partial charge in [0, 0.05) is 31.0 Å². The zero-order valence-corrected chi connectivity index (χ0v) is 18.1. The number of thioether (sulfide) groups is 1. The first kappa shape index (κ1) is 21.4. The molecule has 0 radical (unpaired) electrons. The molecule has 2 amide bonds. The van der Waals surface area contributed by atoms with E-state index in [9.17, 15) is 9.59 Å². The average Bonchev–Trinajstić information content (AvgIpc) is 3.43. The van der Waals surface area contributed by atoms with Gasteiger partial charge in [0.1, 0.15) is 5.82 Å². The van der Waals surface area contributed by atoms with E-state index in [2.05, 4.69) is 10.2 Å². The summed E-state index contributed by atoms with van der Waals surface area (Å²) in [6.45, 7) is 7.14. The lowest BCUT2D eigenvalue weighted by Crippen LogP contribution is -2.45. The first-order valence-corrected chi connectivity index (χ1v) is 10.9. The van der Waals surface area contributed by atoms with Crippen LogP contribution in [0.4, 0.5) is 0 Å². The van der Waals surface area contributed by atoms with E-state index in [-0.39, 0.29) is 29.5 Å². The van der Waals surface area contributed by atoms with E-state index in [1.54, 1.807) is 0 Å². The van der Waals surface area contributed by atoms with Crippen LogP contribution in [0.15, 0.2) is 35.5 Å². The number of nitrogens with zero attached hydrogens (tertiary/aromatic N) is 4. The van der Waals surface area contributed by atoms with Crippen LogP contribution in [0.25, 0.3) is 0 Å². The molecule has 1 aromatic heterocycles. The molecule has 0 unspecified atom stereocenters. The van der Waals surface area contributed by atoms with E-state index in [1.165, 1.54) is 11.8 Å². The largest absolute Gasteiger partial charge is 0.370 e. The number of amides is 2. The minimum Gasteiger partial charge on any atom is -0.370 e. The van der Waals surface area contributed by atoms with E-state index < -0.39 is 0 Å². The number of aromatic nitrogens is 3. The van der Waals surface area contributed by atoms with Crippen LogP contribution >= 0.6 is 11.8 Å². The molecule has 0 spiro atoms. The molecule has 1 heterocycles. The zero-order chi connectivity index (χ0) is 21.0. The smallest absolute Gasteiger partial charge is 0.233 e. The highest BCUT2D eigenvalue weighted by Crippen LogP contribution is 2.40. The first-order chi connectivity index (χ1) is 13.8. The summed E-state index contributed by atoms with van der Waals surface area (Å²) < 4.78 is 1.96. The zero-order valence-electron chi connectivity index (χ0n) is 17.3. The van der Waals surface area contributed by atoms with Crippen molar-refractivity contribution in [3.05, 3.63) is 41.7 Å². The highest BCUT2D eigenvalue weighted by molar-refractivity contribution is 7.99. The number of nitrogens with two attached hydrogens (primary N) is 1. The van der Waals surface area contributed by atoms with Gasteiger partial charge in [0.15, 0.2) is 5.16 Å². The molecule has 7 nitrogen and oxygen atoms in total. The molecular formula is C21H29N5O2S. The topological polar surface area (TPSA) is 94.1 Å². The summed E-state index contributed by atoms with van der Waals surface area (Å²) in [4.78, 5) is 26.2. The van der Waals surface area contributed by atoms with Crippen molar-refractivity contribution in [3.8, 4) is 0 Å². The fraction of sp³-hybridized carbons (Fsp3) is 0.524. The van der Waals surface area contributed by atoms with Crippen molar-refractivity contribution in [2.45, 2.75) is 69.7 Å². The predicted molar refractivity (Wildman–Crippen MR) is 113 cm³/mol. The summed E-state index contributed by atoms with van der Waals surface area (Å²) in [5.41, 5.74) is 6.12. The van der Waals surface area contributed by atoms with Crippen LogP contribution in [-0.2, 0) is 22.7 Å². The number of rotatable bonds is 9. The Hall–Kier alpha value is -2.35. The van der Waals surface area contributed by atoms with Crippen LogP contribution in [-0.4, -0.2) is 42.8 Å². The summed E-state index contributed by atoms with van der Waals surface area (Å²) in [7, 11) is 0. The normalized spacial score (nSPS) is 14.0. The lowest BCUT2D eigenvalue weighted by molar-refractivity contribution is -0.133. The number of carbonyl (C=O) groups is 2. The van der Waals surface area contributed by atoms with E-state index in [4.69, 9.17) is 5.73 Å². The van der Waals surface area contributed by atoms with Crippen molar-refractivity contribution in [3.63, 3.8) is 0 Å². The summed E-state index contributed by atoms with van der Waals surface area (Å²) in [6.07, 6.45) is 2.42. The molecule has 1 aliphatic carbocycles. The predicted octanol–water partition coefficient (Wildman–Crippen LogP) is 2.95. The van der Waals surface area contributed by atoms with Gasteiger partial charge in [-0.1, -0.05) is 42.1 Å². The Morgan fingerprint density at radius 2 is 1.90 bits per heavy atom. The van der Waals surface area contributed by atoms with Gasteiger partial charge in [0.2, 0.25) is 11.8 Å². The molecule has 0 atom stereocenters. The van der Waals surface area contributed by atoms with E-state index in [1.807, 2.05) is 60.6 Å². The van der Waals surface area contributed by atoms with Gasteiger partial charge in [0.05, 0.1) is 5.75 Å². The fourth-order valence-electron chi connectivity index (χ4n) is 3.15. The molecular weight excluding hydrogens is 386 g/mol. The first-order valence-electron chi connectivity index (χ1n) is 9.94. The summed E-state index contributed by atoms with van der Waals surface area (Å²) >= 11 is 1.37. The molecule has 0 aliphatic heterocycles. The van der Waals surface area contributed by atoms with E-state index in [0.717, 1.165) is 24.2 Å². The number of benzene rings is 1. The van der Waals surface area contributed by atoms with Gasteiger partial charge in [-0.25, -0.2) is 0 Å². The SMILES string of the molecule is CC(C)(C)N(Cc1ccccc1)C(=O)CSc1nnc(C2CC2)n1CCC(N)=O. The third-order valence-electron chi connectivity index (χ3n) is 4.89. The van der Waals surface area contributed by atoms with Gasteiger partial charge < -0.3 is 15.2 Å². The maximum atomic E-state index is 13.1. The Labute approximate surface area is 176 Å². The molecule has 1 saturated carbocycles. The second-order valence-electron chi connectivity index (χ2n) is 8.41. The Bertz CT molecular complexity index is 856. The van der Waals surface area contributed by atoms with Crippen LogP contribution in [0.1, 0.15) is 57.3 Å². The van der Waals surface area contributed by atoms with Crippen LogP contribution < -0.4 is 5.73 Å². The molecule has 156 valence electrons. The van der Waals surface area contributed by atoms with E-state index in [0.29, 0.717) is 24.2 Å². The standard InChI is InChI=1S/C21H29N5O2S/c1-21(2,3)26(13-15-7-5-4-6-8-15)18(28)14-29-20-24-23-19(16-9-10-16)25(20)12-11-17(22)27/h4-8,16H,9-14H2,1-3H3,(H2,22,27). The molecule has 2 aromatic rings. The van der Waals surface area contributed by atoms with Crippen molar-refractivity contribution in [2.24, 2.45) is 5.73 Å². The van der Waals surface area contributed by atoms with Gasteiger partial charge in [-0.05, 0) is 39.2 Å². The molecule has 1 aromatic carbocycles. The maximum absolute atomic E-state index is 13.1.